The van der Waals surface area contributed by atoms with Crippen molar-refractivity contribution in [2.45, 2.75) is 44.3 Å². The number of nitrogens with zero attached hydrogens (tertiary/aromatic N) is 1. The highest BCUT2D eigenvalue weighted by Gasteiger charge is 2.39. The highest BCUT2D eigenvalue weighted by atomic mass is 16.5. The van der Waals surface area contributed by atoms with Crippen LogP contribution in [0.3, 0.4) is 0 Å². The van der Waals surface area contributed by atoms with E-state index in [1.165, 1.54) is 24.0 Å². The van der Waals surface area contributed by atoms with Crippen molar-refractivity contribution in [3.63, 3.8) is 0 Å². The average molecular weight is 260 g/mol. The number of fused-ring (bicyclic) bond motifs is 1. The molecule has 0 aromatic heterocycles. The first-order valence-corrected chi connectivity index (χ1v) is 7.36. The van der Waals surface area contributed by atoms with Crippen LogP contribution in [0.1, 0.15) is 36.9 Å². The van der Waals surface area contributed by atoms with Gasteiger partial charge in [0.25, 0.3) is 0 Å². The second-order valence-electron chi connectivity index (χ2n) is 5.77. The number of nitrogens with one attached hydrogen (secondary N) is 1. The lowest BCUT2D eigenvalue weighted by Gasteiger charge is -2.30. The van der Waals surface area contributed by atoms with Gasteiger partial charge in [0.05, 0.1) is 7.11 Å². The SMILES string of the molecule is CCNC1c2cc(OC)ccc2CC1N(C)C1CC1. The topological polar surface area (TPSA) is 24.5 Å². The Kier molecular flexibility index (Phi) is 3.50. The van der Waals surface area contributed by atoms with Crippen molar-refractivity contribution in [3.8, 4) is 5.75 Å². The summed E-state index contributed by atoms with van der Waals surface area (Å²) < 4.78 is 5.38. The van der Waals surface area contributed by atoms with E-state index in [0.29, 0.717) is 12.1 Å². The lowest BCUT2D eigenvalue weighted by Crippen LogP contribution is -2.41. The summed E-state index contributed by atoms with van der Waals surface area (Å²) in [6, 6.07) is 8.38. The first kappa shape index (κ1) is 12.9. The molecule has 1 saturated carbocycles. The van der Waals surface area contributed by atoms with Crippen molar-refractivity contribution < 1.29 is 4.74 Å². The van der Waals surface area contributed by atoms with Gasteiger partial charge in [-0.3, -0.25) is 4.90 Å². The molecule has 0 amide bonds. The first-order chi connectivity index (χ1) is 9.24. The van der Waals surface area contributed by atoms with Gasteiger partial charge in [-0.05, 0) is 56.1 Å². The molecule has 0 saturated heterocycles. The van der Waals surface area contributed by atoms with Gasteiger partial charge in [-0.1, -0.05) is 13.0 Å². The van der Waals surface area contributed by atoms with Crippen molar-refractivity contribution >= 4 is 0 Å². The van der Waals surface area contributed by atoms with Crippen LogP contribution in [-0.4, -0.2) is 37.7 Å². The number of rotatable bonds is 5. The van der Waals surface area contributed by atoms with Crippen molar-refractivity contribution in [1.82, 2.24) is 10.2 Å². The van der Waals surface area contributed by atoms with E-state index in [1.54, 1.807) is 7.11 Å². The summed E-state index contributed by atoms with van der Waals surface area (Å²) in [6.45, 7) is 3.20. The summed E-state index contributed by atoms with van der Waals surface area (Å²) in [6.07, 6.45) is 3.89. The fourth-order valence-electron chi connectivity index (χ4n) is 3.32. The molecule has 0 spiro atoms. The van der Waals surface area contributed by atoms with Gasteiger partial charge < -0.3 is 10.1 Å². The fraction of sp³-hybridized carbons (Fsp3) is 0.625. The van der Waals surface area contributed by atoms with Crippen LogP contribution >= 0.6 is 0 Å². The van der Waals surface area contributed by atoms with Crippen LogP contribution in [0, 0.1) is 0 Å². The molecule has 1 aromatic rings. The minimum Gasteiger partial charge on any atom is -0.497 e. The smallest absolute Gasteiger partial charge is 0.119 e. The predicted molar refractivity (Wildman–Crippen MR) is 77.7 cm³/mol. The van der Waals surface area contributed by atoms with Crippen molar-refractivity contribution in [2.24, 2.45) is 0 Å². The summed E-state index contributed by atoms with van der Waals surface area (Å²) >= 11 is 0. The summed E-state index contributed by atoms with van der Waals surface area (Å²) in [7, 11) is 4.03. The van der Waals surface area contributed by atoms with E-state index in [1.807, 2.05) is 0 Å². The zero-order chi connectivity index (χ0) is 13.4. The maximum Gasteiger partial charge on any atom is 0.119 e. The van der Waals surface area contributed by atoms with Crippen LogP contribution in [0.2, 0.25) is 0 Å². The molecule has 1 fully saturated rings. The van der Waals surface area contributed by atoms with E-state index in [-0.39, 0.29) is 0 Å². The Hall–Kier alpha value is -1.06. The van der Waals surface area contributed by atoms with Gasteiger partial charge in [-0.15, -0.1) is 0 Å². The Labute approximate surface area is 115 Å². The quantitative estimate of drug-likeness (QED) is 0.879. The number of likely N-dealkylation sites (N-methyl/N-ethyl adjacent to an activating group) is 2. The van der Waals surface area contributed by atoms with E-state index in [4.69, 9.17) is 4.74 Å². The third-order valence-corrected chi connectivity index (χ3v) is 4.57. The van der Waals surface area contributed by atoms with Crippen LogP contribution in [0.5, 0.6) is 5.75 Å². The molecule has 104 valence electrons. The average Bonchev–Trinajstić information content (AvgIpc) is 3.22. The van der Waals surface area contributed by atoms with E-state index < -0.39 is 0 Å². The van der Waals surface area contributed by atoms with Crippen LogP contribution in [0.4, 0.5) is 0 Å². The molecule has 19 heavy (non-hydrogen) atoms. The fourth-order valence-corrected chi connectivity index (χ4v) is 3.32. The van der Waals surface area contributed by atoms with Crippen LogP contribution < -0.4 is 10.1 Å². The number of methoxy groups -OCH3 is 1. The molecule has 2 atom stereocenters. The van der Waals surface area contributed by atoms with Gasteiger partial charge in [-0.25, -0.2) is 0 Å². The van der Waals surface area contributed by atoms with Gasteiger partial charge in [0.15, 0.2) is 0 Å². The van der Waals surface area contributed by atoms with Gasteiger partial charge >= 0.3 is 0 Å². The Balaban J connectivity index is 1.88. The number of hydrogen-bond donors (Lipinski definition) is 1. The minimum atomic E-state index is 0.445. The largest absolute Gasteiger partial charge is 0.497 e. The number of hydrogen-bond acceptors (Lipinski definition) is 3. The summed E-state index contributed by atoms with van der Waals surface area (Å²) in [5, 5.41) is 3.67. The molecule has 2 aliphatic carbocycles. The highest BCUT2D eigenvalue weighted by Crippen LogP contribution is 2.39. The number of ether oxygens (including phenoxy) is 1. The lowest BCUT2D eigenvalue weighted by atomic mass is 10.1. The monoisotopic (exact) mass is 260 g/mol. The third-order valence-electron chi connectivity index (χ3n) is 4.57. The minimum absolute atomic E-state index is 0.445. The first-order valence-electron chi connectivity index (χ1n) is 7.36. The molecule has 2 unspecified atom stereocenters. The van der Waals surface area contributed by atoms with E-state index >= 15 is 0 Å². The van der Waals surface area contributed by atoms with Crippen molar-refractivity contribution in [3.05, 3.63) is 29.3 Å². The molecule has 3 nitrogen and oxygen atoms in total. The molecule has 2 aliphatic rings. The van der Waals surface area contributed by atoms with Crippen LogP contribution in [-0.2, 0) is 6.42 Å². The third kappa shape index (κ3) is 2.37. The predicted octanol–water partition coefficient (Wildman–Crippen LogP) is 2.36. The molecule has 3 heteroatoms. The molecule has 0 radical (unpaired) electrons. The Morgan fingerprint density at radius 3 is 2.79 bits per heavy atom. The summed E-state index contributed by atoms with van der Waals surface area (Å²) in [5.74, 6) is 0.969. The molecule has 3 rings (SSSR count). The van der Waals surface area contributed by atoms with Gasteiger partial charge in [0.1, 0.15) is 5.75 Å². The molecule has 0 aliphatic heterocycles. The second-order valence-corrected chi connectivity index (χ2v) is 5.77. The Morgan fingerprint density at radius 2 is 2.16 bits per heavy atom. The summed E-state index contributed by atoms with van der Waals surface area (Å²) in [5.41, 5.74) is 2.91. The van der Waals surface area contributed by atoms with Gasteiger partial charge in [0, 0.05) is 18.1 Å². The Bertz CT molecular complexity index is 456. The molecule has 1 N–H and O–H groups in total. The molecular formula is C16H24N2O. The molecular weight excluding hydrogens is 236 g/mol. The maximum atomic E-state index is 5.38. The van der Waals surface area contributed by atoms with Gasteiger partial charge in [-0.2, -0.15) is 0 Å². The normalized spacial score (nSPS) is 25.7. The second kappa shape index (κ2) is 5.14. The van der Waals surface area contributed by atoms with E-state index in [9.17, 15) is 0 Å². The van der Waals surface area contributed by atoms with E-state index in [2.05, 4.69) is 42.4 Å². The van der Waals surface area contributed by atoms with Crippen LogP contribution in [0.15, 0.2) is 18.2 Å². The van der Waals surface area contributed by atoms with Crippen molar-refractivity contribution in [1.29, 1.82) is 0 Å². The maximum absolute atomic E-state index is 5.38. The molecule has 0 bridgehead atoms. The summed E-state index contributed by atoms with van der Waals surface area (Å²) in [4.78, 5) is 2.58. The highest BCUT2D eigenvalue weighted by molar-refractivity contribution is 5.43. The Morgan fingerprint density at radius 1 is 1.37 bits per heavy atom. The van der Waals surface area contributed by atoms with E-state index in [0.717, 1.165) is 24.8 Å². The standard InChI is InChI=1S/C16H24N2O/c1-4-17-16-14-10-13(19-3)8-5-11(14)9-15(16)18(2)12-6-7-12/h5,8,10,12,15-17H,4,6-7,9H2,1-3H3. The van der Waals surface area contributed by atoms with Gasteiger partial charge in [0.2, 0.25) is 0 Å². The molecule has 1 aromatic carbocycles. The zero-order valence-corrected chi connectivity index (χ0v) is 12.1. The zero-order valence-electron chi connectivity index (χ0n) is 12.1. The van der Waals surface area contributed by atoms with Crippen molar-refractivity contribution in [2.75, 3.05) is 20.7 Å². The lowest BCUT2D eigenvalue weighted by molar-refractivity contribution is 0.196. The molecule has 0 heterocycles. The number of benzene rings is 1. The van der Waals surface area contributed by atoms with Crippen LogP contribution in [0.25, 0.3) is 0 Å².